The van der Waals surface area contributed by atoms with E-state index in [-0.39, 0.29) is 9.90 Å². The molecule has 1 aliphatic rings. The lowest BCUT2D eigenvalue weighted by atomic mass is 9.72. The third kappa shape index (κ3) is 3.58. The lowest BCUT2D eigenvalue weighted by Gasteiger charge is -2.32. The lowest BCUT2D eigenvalue weighted by Crippen LogP contribution is -2.19. The molecule has 0 atom stereocenters. The first-order valence-electron chi connectivity index (χ1n) is 6.23. The molecular weight excluding hydrogens is 292 g/mol. The van der Waals surface area contributed by atoms with Gasteiger partial charge in [-0.25, -0.2) is 4.79 Å². The Bertz CT molecular complexity index is 439. The van der Waals surface area contributed by atoms with Crippen molar-refractivity contribution >= 4 is 21.9 Å². The Labute approximate surface area is 118 Å². The number of aliphatic carboxylic acids is 1. The first-order valence-corrected chi connectivity index (χ1v) is 7.03. The molecule has 1 rings (SSSR count). The fraction of sp³-hybridized carbons (Fsp3) is 0.533. The van der Waals surface area contributed by atoms with Gasteiger partial charge in [0.1, 0.15) is 4.48 Å². The number of halogens is 1. The molecule has 0 aromatic heterocycles. The Morgan fingerprint density at radius 1 is 1.44 bits per heavy atom. The smallest absolute Gasteiger partial charge is 0.343 e. The summed E-state index contributed by atoms with van der Waals surface area (Å²) in [6.45, 7) is 8.48. The van der Waals surface area contributed by atoms with Crippen molar-refractivity contribution in [1.29, 1.82) is 0 Å². The maximum absolute atomic E-state index is 10.8. The van der Waals surface area contributed by atoms with Crippen LogP contribution in [-0.2, 0) is 4.79 Å². The molecule has 0 saturated heterocycles. The summed E-state index contributed by atoms with van der Waals surface area (Å²) in [6, 6.07) is 0. The van der Waals surface area contributed by atoms with Gasteiger partial charge in [0.25, 0.3) is 0 Å². The average Bonchev–Trinajstić information content (AvgIpc) is 2.25. The van der Waals surface area contributed by atoms with Crippen molar-refractivity contribution in [2.45, 2.75) is 47.0 Å². The molecule has 0 aromatic carbocycles. The Hall–Kier alpha value is -0.830. The number of rotatable bonds is 3. The average molecular weight is 313 g/mol. The van der Waals surface area contributed by atoms with Crippen LogP contribution < -0.4 is 0 Å². The summed E-state index contributed by atoms with van der Waals surface area (Å²) < 4.78 is 0.227. The number of allylic oxidation sites excluding steroid dienone is 5. The van der Waals surface area contributed by atoms with E-state index < -0.39 is 5.97 Å². The van der Waals surface area contributed by atoms with Crippen LogP contribution in [-0.4, -0.2) is 11.1 Å². The highest BCUT2D eigenvalue weighted by Gasteiger charge is 2.26. The molecule has 18 heavy (non-hydrogen) atoms. The maximum atomic E-state index is 10.8. The number of hydrogen-bond donors (Lipinski definition) is 1. The van der Waals surface area contributed by atoms with Crippen LogP contribution in [0.1, 0.15) is 47.0 Å². The predicted molar refractivity (Wildman–Crippen MR) is 78.7 cm³/mol. The van der Waals surface area contributed by atoms with E-state index >= 15 is 0 Å². The normalized spacial score (nSPS) is 21.2. The van der Waals surface area contributed by atoms with E-state index in [1.165, 1.54) is 24.0 Å². The summed E-state index contributed by atoms with van der Waals surface area (Å²) in [5.41, 5.74) is 3.69. The van der Waals surface area contributed by atoms with Gasteiger partial charge in [-0.1, -0.05) is 31.6 Å². The van der Waals surface area contributed by atoms with Gasteiger partial charge >= 0.3 is 5.97 Å². The predicted octanol–water partition coefficient (Wildman–Crippen LogP) is 4.82. The van der Waals surface area contributed by atoms with E-state index in [4.69, 9.17) is 5.11 Å². The van der Waals surface area contributed by atoms with Crippen molar-refractivity contribution in [3.8, 4) is 0 Å². The van der Waals surface area contributed by atoms with Crippen molar-refractivity contribution in [2.24, 2.45) is 5.41 Å². The van der Waals surface area contributed by atoms with Crippen LogP contribution in [0.25, 0.3) is 0 Å². The van der Waals surface area contributed by atoms with E-state index in [0.717, 1.165) is 12.0 Å². The van der Waals surface area contributed by atoms with Crippen LogP contribution in [0.4, 0.5) is 0 Å². The molecule has 3 heteroatoms. The molecule has 1 aliphatic carbocycles. The van der Waals surface area contributed by atoms with Crippen LogP contribution in [0, 0.1) is 5.41 Å². The van der Waals surface area contributed by atoms with Gasteiger partial charge in [0, 0.05) is 0 Å². The second kappa shape index (κ2) is 5.87. The fourth-order valence-electron chi connectivity index (χ4n) is 2.46. The Kier molecular flexibility index (Phi) is 4.97. The summed E-state index contributed by atoms with van der Waals surface area (Å²) in [7, 11) is 0. The molecule has 100 valence electrons. The zero-order valence-electron chi connectivity index (χ0n) is 11.5. The SMILES string of the molecule is CC(C=CC1=C(C)CCCC1(C)C)=C(Br)C(=O)O. The van der Waals surface area contributed by atoms with Crippen LogP contribution in [0.15, 0.2) is 33.4 Å². The standard InChI is InChI=1S/C15H21BrO2/c1-10-6-5-9-15(3,4)12(10)8-7-11(2)13(16)14(17)18/h7-8H,5-6,9H2,1-4H3,(H,17,18). The molecule has 0 unspecified atom stereocenters. The number of carboxylic acid groups (broad SMARTS) is 1. The monoisotopic (exact) mass is 312 g/mol. The summed E-state index contributed by atoms with van der Waals surface area (Å²) >= 11 is 3.09. The minimum Gasteiger partial charge on any atom is -0.477 e. The Morgan fingerprint density at radius 3 is 2.56 bits per heavy atom. The third-order valence-electron chi connectivity index (χ3n) is 3.58. The maximum Gasteiger partial charge on any atom is 0.343 e. The van der Waals surface area contributed by atoms with Crippen molar-refractivity contribution in [3.05, 3.63) is 33.4 Å². The van der Waals surface area contributed by atoms with Gasteiger partial charge in [-0.3, -0.25) is 0 Å². The summed E-state index contributed by atoms with van der Waals surface area (Å²) in [5.74, 6) is -0.925. The number of hydrogen-bond acceptors (Lipinski definition) is 1. The van der Waals surface area contributed by atoms with Gasteiger partial charge in [0.15, 0.2) is 0 Å². The molecule has 0 aliphatic heterocycles. The van der Waals surface area contributed by atoms with E-state index in [2.05, 4.69) is 42.8 Å². The fourth-order valence-corrected chi connectivity index (χ4v) is 2.59. The zero-order chi connectivity index (χ0) is 13.9. The third-order valence-corrected chi connectivity index (χ3v) is 4.54. The Balaban J connectivity index is 3.03. The van der Waals surface area contributed by atoms with Gasteiger partial charge in [-0.15, -0.1) is 0 Å². The van der Waals surface area contributed by atoms with E-state index in [9.17, 15) is 4.79 Å². The van der Waals surface area contributed by atoms with Crippen LogP contribution in [0.3, 0.4) is 0 Å². The van der Waals surface area contributed by atoms with Crippen LogP contribution in [0.2, 0.25) is 0 Å². The van der Waals surface area contributed by atoms with E-state index in [1.807, 2.05) is 6.08 Å². The molecule has 0 heterocycles. The molecule has 0 aromatic rings. The van der Waals surface area contributed by atoms with Gasteiger partial charge in [0.05, 0.1) is 0 Å². The molecule has 0 spiro atoms. The first-order chi connectivity index (χ1) is 8.25. The van der Waals surface area contributed by atoms with Gasteiger partial charge in [-0.2, -0.15) is 0 Å². The quantitative estimate of drug-likeness (QED) is 0.599. The van der Waals surface area contributed by atoms with Crippen molar-refractivity contribution in [2.75, 3.05) is 0 Å². The van der Waals surface area contributed by atoms with Gasteiger partial charge < -0.3 is 5.11 Å². The van der Waals surface area contributed by atoms with Crippen molar-refractivity contribution in [3.63, 3.8) is 0 Å². The highest BCUT2D eigenvalue weighted by molar-refractivity contribution is 9.12. The molecule has 0 bridgehead atoms. The van der Waals surface area contributed by atoms with Gasteiger partial charge in [0.2, 0.25) is 0 Å². The highest BCUT2D eigenvalue weighted by Crippen LogP contribution is 2.40. The largest absolute Gasteiger partial charge is 0.477 e. The first kappa shape index (κ1) is 15.2. The molecule has 0 fully saturated rings. The Morgan fingerprint density at radius 2 is 2.06 bits per heavy atom. The second-order valence-corrected chi connectivity index (χ2v) is 6.36. The highest BCUT2D eigenvalue weighted by atomic mass is 79.9. The van der Waals surface area contributed by atoms with E-state index in [1.54, 1.807) is 6.92 Å². The topological polar surface area (TPSA) is 37.3 Å². The van der Waals surface area contributed by atoms with Crippen molar-refractivity contribution in [1.82, 2.24) is 0 Å². The van der Waals surface area contributed by atoms with Crippen LogP contribution >= 0.6 is 15.9 Å². The van der Waals surface area contributed by atoms with Crippen LogP contribution in [0.5, 0.6) is 0 Å². The zero-order valence-corrected chi connectivity index (χ0v) is 13.1. The van der Waals surface area contributed by atoms with E-state index in [0.29, 0.717) is 0 Å². The molecule has 0 saturated carbocycles. The number of carboxylic acids is 1. The molecule has 1 N–H and O–H groups in total. The van der Waals surface area contributed by atoms with Crippen molar-refractivity contribution < 1.29 is 9.90 Å². The molecular formula is C15H21BrO2. The molecule has 0 amide bonds. The number of carbonyl (C=O) groups is 1. The van der Waals surface area contributed by atoms with Gasteiger partial charge in [-0.05, 0) is 65.6 Å². The summed E-state index contributed by atoms with van der Waals surface area (Å²) in [6.07, 6.45) is 7.54. The molecule has 2 nitrogen and oxygen atoms in total. The molecule has 0 radical (unpaired) electrons. The summed E-state index contributed by atoms with van der Waals surface area (Å²) in [5, 5.41) is 8.89. The lowest BCUT2D eigenvalue weighted by molar-refractivity contribution is -0.131. The summed E-state index contributed by atoms with van der Waals surface area (Å²) in [4.78, 5) is 10.8. The minimum atomic E-state index is -0.925. The second-order valence-electron chi connectivity index (χ2n) is 5.57. The minimum absolute atomic E-state index is 0.189.